The fourth-order valence-electron chi connectivity index (χ4n) is 3.66. The van der Waals surface area contributed by atoms with Gasteiger partial charge < -0.3 is 4.90 Å². The molecule has 0 unspecified atom stereocenters. The number of hydrogen-bond acceptors (Lipinski definition) is 1. The van der Waals surface area contributed by atoms with Crippen molar-refractivity contribution in [3.63, 3.8) is 0 Å². The zero-order chi connectivity index (χ0) is 15.4. The molecule has 0 atom stereocenters. The minimum Gasteiger partial charge on any atom is -0.340 e. The Labute approximate surface area is 133 Å². The predicted molar refractivity (Wildman–Crippen MR) is 91.9 cm³/mol. The van der Waals surface area contributed by atoms with E-state index >= 15 is 0 Å². The maximum Gasteiger partial charge on any atom is 0.227 e. The first-order chi connectivity index (χ1) is 10.8. The Hall–Kier alpha value is -1.83. The van der Waals surface area contributed by atoms with Crippen LogP contribution in [0.3, 0.4) is 0 Å². The highest BCUT2D eigenvalue weighted by atomic mass is 16.2. The van der Waals surface area contributed by atoms with Crippen LogP contribution in [0.15, 0.2) is 42.5 Å². The number of likely N-dealkylation sites (N-methyl/N-ethyl adjacent to an activating group) is 1. The summed E-state index contributed by atoms with van der Waals surface area (Å²) in [5.74, 6) is 0.282. The highest BCUT2D eigenvalue weighted by molar-refractivity contribution is 5.85. The number of amides is 1. The molecular weight excluding hydrogens is 270 g/mol. The van der Waals surface area contributed by atoms with E-state index in [0.717, 1.165) is 12.1 Å². The molecule has 2 nitrogen and oxygen atoms in total. The third kappa shape index (κ3) is 3.32. The van der Waals surface area contributed by atoms with Gasteiger partial charge in [0, 0.05) is 12.6 Å². The van der Waals surface area contributed by atoms with Crippen LogP contribution in [-0.4, -0.2) is 23.4 Å². The Morgan fingerprint density at radius 3 is 2.50 bits per heavy atom. The number of carbonyl (C=O) groups is 1. The van der Waals surface area contributed by atoms with E-state index in [9.17, 15) is 4.79 Å². The molecule has 0 spiro atoms. The molecule has 0 aliphatic heterocycles. The summed E-state index contributed by atoms with van der Waals surface area (Å²) in [4.78, 5) is 14.8. The van der Waals surface area contributed by atoms with Crippen molar-refractivity contribution >= 4 is 16.7 Å². The first-order valence-corrected chi connectivity index (χ1v) is 8.55. The number of rotatable bonds is 4. The fraction of sp³-hybridized carbons (Fsp3) is 0.450. The monoisotopic (exact) mass is 295 g/mol. The number of fused-ring (bicyclic) bond motifs is 1. The normalized spacial score (nSPS) is 15.9. The van der Waals surface area contributed by atoms with Crippen molar-refractivity contribution in [2.24, 2.45) is 0 Å². The third-order valence-electron chi connectivity index (χ3n) is 4.85. The fourth-order valence-corrected chi connectivity index (χ4v) is 3.66. The van der Waals surface area contributed by atoms with Gasteiger partial charge in [-0.25, -0.2) is 0 Å². The summed E-state index contributed by atoms with van der Waals surface area (Å²) in [5, 5.41) is 2.45. The second-order valence-electron chi connectivity index (χ2n) is 6.33. The largest absolute Gasteiger partial charge is 0.340 e. The molecule has 116 valence electrons. The van der Waals surface area contributed by atoms with Crippen LogP contribution < -0.4 is 0 Å². The van der Waals surface area contributed by atoms with Crippen LogP contribution >= 0.6 is 0 Å². The summed E-state index contributed by atoms with van der Waals surface area (Å²) in [6.45, 7) is 2.93. The molecule has 0 bridgehead atoms. The summed E-state index contributed by atoms with van der Waals surface area (Å²) >= 11 is 0. The molecule has 0 heterocycles. The first kappa shape index (κ1) is 15.1. The quantitative estimate of drug-likeness (QED) is 0.809. The van der Waals surface area contributed by atoms with Crippen LogP contribution in [0.25, 0.3) is 10.8 Å². The maximum absolute atomic E-state index is 12.7. The Morgan fingerprint density at radius 1 is 1.05 bits per heavy atom. The zero-order valence-electron chi connectivity index (χ0n) is 13.4. The third-order valence-corrected chi connectivity index (χ3v) is 4.85. The average molecular weight is 295 g/mol. The van der Waals surface area contributed by atoms with Crippen LogP contribution in [0.2, 0.25) is 0 Å². The van der Waals surface area contributed by atoms with Gasteiger partial charge in [-0.2, -0.15) is 0 Å². The van der Waals surface area contributed by atoms with E-state index in [-0.39, 0.29) is 5.91 Å². The summed E-state index contributed by atoms with van der Waals surface area (Å²) in [5.41, 5.74) is 1.12. The number of carbonyl (C=O) groups excluding carboxylic acids is 1. The van der Waals surface area contributed by atoms with Crippen molar-refractivity contribution in [3.8, 4) is 0 Å². The lowest BCUT2D eigenvalue weighted by molar-refractivity contribution is -0.133. The average Bonchev–Trinajstić information content (AvgIpc) is 2.56. The van der Waals surface area contributed by atoms with Crippen molar-refractivity contribution in [2.45, 2.75) is 51.5 Å². The van der Waals surface area contributed by atoms with Crippen LogP contribution in [0, 0.1) is 0 Å². The van der Waals surface area contributed by atoms with E-state index in [0.29, 0.717) is 12.5 Å². The molecule has 0 N–H and O–H groups in total. The van der Waals surface area contributed by atoms with Gasteiger partial charge in [-0.1, -0.05) is 61.7 Å². The minimum atomic E-state index is 0.282. The Bertz CT molecular complexity index is 643. The molecule has 1 saturated carbocycles. The summed E-state index contributed by atoms with van der Waals surface area (Å²) in [6.07, 6.45) is 6.74. The van der Waals surface area contributed by atoms with Crippen LogP contribution in [0.4, 0.5) is 0 Å². The van der Waals surface area contributed by atoms with Crippen LogP contribution in [0.1, 0.15) is 44.6 Å². The lowest BCUT2D eigenvalue weighted by Crippen LogP contribution is -2.42. The summed E-state index contributed by atoms with van der Waals surface area (Å²) in [6, 6.07) is 15.2. The number of hydrogen-bond donors (Lipinski definition) is 0. The predicted octanol–water partition coefficient (Wildman–Crippen LogP) is 4.56. The standard InChI is InChI=1S/C20H25NO/c1-2-21(19-10-4-3-5-11-19)20(22)15-16-12-13-17-8-6-7-9-18(17)14-16/h6-9,12-14,19H,2-5,10-11,15H2,1H3. The number of nitrogens with zero attached hydrogens (tertiary/aromatic N) is 1. The lowest BCUT2D eigenvalue weighted by atomic mass is 9.93. The van der Waals surface area contributed by atoms with Gasteiger partial charge >= 0.3 is 0 Å². The highest BCUT2D eigenvalue weighted by Gasteiger charge is 2.23. The maximum atomic E-state index is 12.7. The van der Waals surface area contributed by atoms with Gasteiger partial charge in [0.15, 0.2) is 0 Å². The summed E-state index contributed by atoms with van der Waals surface area (Å²) in [7, 11) is 0. The van der Waals surface area contributed by atoms with E-state index in [1.54, 1.807) is 0 Å². The topological polar surface area (TPSA) is 20.3 Å². The van der Waals surface area contributed by atoms with Crippen molar-refractivity contribution in [1.82, 2.24) is 4.90 Å². The Balaban J connectivity index is 1.73. The minimum absolute atomic E-state index is 0.282. The molecule has 1 amide bonds. The second kappa shape index (κ2) is 6.95. The van der Waals surface area contributed by atoms with Gasteiger partial charge in [0.1, 0.15) is 0 Å². The van der Waals surface area contributed by atoms with E-state index < -0.39 is 0 Å². The van der Waals surface area contributed by atoms with E-state index in [2.05, 4.69) is 48.2 Å². The number of benzene rings is 2. The Morgan fingerprint density at radius 2 is 1.77 bits per heavy atom. The smallest absolute Gasteiger partial charge is 0.227 e. The van der Waals surface area contributed by atoms with Crippen molar-refractivity contribution in [1.29, 1.82) is 0 Å². The first-order valence-electron chi connectivity index (χ1n) is 8.55. The van der Waals surface area contributed by atoms with Gasteiger partial charge in [-0.05, 0) is 36.1 Å². The second-order valence-corrected chi connectivity index (χ2v) is 6.33. The van der Waals surface area contributed by atoms with Crippen LogP contribution in [0.5, 0.6) is 0 Å². The van der Waals surface area contributed by atoms with E-state index in [4.69, 9.17) is 0 Å². The van der Waals surface area contributed by atoms with E-state index in [1.165, 1.54) is 42.9 Å². The molecular formula is C20H25NO. The van der Waals surface area contributed by atoms with Crippen molar-refractivity contribution < 1.29 is 4.79 Å². The van der Waals surface area contributed by atoms with Gasteiger partial charge in [0.05, 0.1) is 6.42 Å². The molecule has 22 heavy (non-hydrogen) atoms. The van der Waals surface area contributed by atoms with Gasteiger partial charge in [-0.3, -0.25) is 4.79 Å². The van der Waals surface area contributed by atoms with Gasteiger partial charge in [-0.15, -0.1) is 0 Å². The van der Waals surface area contributed by atoms with Gasteiger partial charge in [0.2, 0.25) is 5.91 Å². The Kier molecular flexibility index (Phi) is 4.77. The molecule has 1 fully saturated rings. The molecule has 2 aromatic carbocycles. The molecule has 3 rings (SSSR count). The molecule has 0 aromatic heterocycles. The van der Waals surface area contributed by atoms with Crippen molar-refractivity contribution in [3.05, 3.63) is 48.0 Å². The van der Waals surface area contributed by atoms with Crippen LogP contribution in [-0.2, 0) is 11.2 Å². The lowest BCUT2D eigenvalue weighted by Gasteiger charge is -2.33. The molecule has 2 aromatic rings. The molecule has 1 aliphatic carbocycles. The zero-order valence-corrected chi connectivity index (χ0v) is 13.4. The molecule has 0 saturated heterocycles. The molecule has 1 aliphatic rings. The molecule has 2 heteroatoms. The van der Waals surface area contributed by atoms with Crippen molar-refractivity contribution in [2.75, 3.05) is 6.54 Å². The van der Waals surface area contributed by atoms with E-state index in [1.807, 2.05) is 6.07 Å². The SMILES string of the molecule is CCN(C(=O)Cc1ccc2ccccc2c1)C1CCCCC1. The highest BCUT2D eigenvalue weighted by Crippen LogP contribution is 2.23. The molecule has 0 radical (unpaired) electrons. The van der Waals surface area contributed by atoms with Gasteiger partial charge in [0.25, 0.3) is 0 Å². The summed E-state index contributed by atoms with van der Waals surface area (Å²) < 4.78 is 0.